The lowest BCUT2D eigenvalue weighted by Crippen LogP contribution is -2.42. The number of carbonyl (C=O) groups excluding carboxylic acids is 1. The summed E-state index contributed by atoms with van der Waals surface area (Å²) in [5.74, 6) is 0.742. The summed E-state index contributed by atoms with van der Waals surface area (Å²) in [4.78, 5) is 13.4. The molecule has 0 saturated heterocycles. The normalized spacial score (nSPS) is 17.1. The van der Waals surface area contributed by atoms with Crippen molar-refractivity contribution in [3.05, 3.63) is 0 Å². The number of hydrogen-bond donors (Lipinski definition) is 1. The second kappa shape index (κ2) is 7.10. The van der Waals surface area contributed by atoms with Gasteiger partial charge >= 0.3 is 6.09 Å². The monoisotopic (exact) mass is 272 g/mol. The highest BCUT2D eigenvalue weighted by atomic mass is 16.6. The van der Waals surface area contributed by atoms with Gasteiger partial charge in [0.15, 0.2) is 0 Å². The smallest absolute Gasteiger partial charge is 0.410 e. The lowest BCUT2D eigenvalue weighted by atomic mass is 10.2. The van der Waals surface area contributed by atoms with E-state index in [2.05, 4.69) is 5.32 Å². The van der Waals surface area contributed by atoms with Gasteiger partial charge in [-0.3, -0.25) is 0 Å². The third-order valence-electron chi connectivity index (χ3n) is 3.10. The van der Waals surface area contributed by atoms with Crippen molar-refractivity contribution in [3.8, 4) is 0 Å². The molecule has 1 aliphatic carbocycles. The molecule has 0 bridgehead atoms. The zero-order valence-corrected chi connectivity index (χ0v) is 12.9. The van der Waals surface area contributed by atoms with Gasteiger partial charge in [0.25, 0.3) is 0 Å². The van der Waals surface area contributed by atoms with Crippen LogP contribution in [0.15, 0.2) is 0 Å². The summed E-state index contributed by atoms with van der Waals surface area (Å²) in [6.45, 7) is 7.76. The van der Waals surface area contributed by atoms with Gasteiger partial charge in [0.1, 0.15) is 5.60 Å². The van der Waals surface area contributed by atoms with Crippen molar-refractivity contribution in [1.29, 1.82) is 0 Å². The van der Waals surface area contributed by atoms with Gasteiger partial charge in [-0.1, -0.05) is 0 Å². The van der Waals surface area contributed by atoms with Crippen LogP contribution in [0.4, 0.5) is 4.79 Å². The largest absolute Gasteiger partial charge is 0.444 e. The number of methoxy groups -OCH3 is 1. The van der Waals surface area contributed by atoms with E-state index in [1.807, 2.05) is 20.8 Å². The topological polar surface area (TPSA) is 50.8 Å². The van der Waals surface area contributed by atoms with Gasteiger partial charge in [-0.15, -0.1) is 0 Å². The molecule has 1 fully saturated rings. The summed E-state index contributed by atoms with van der Waals surface area (Å²) in [5, 5.41) is 3.46. The van der Waals surface area contributed by atoms with Crippen LogP contribution in [0.2, 0.25) is 0 Å². The van der Waals surface area contributed by atoms with E-state index in [1.54, 1.807) is 19.1 Å². The van der Waals surface area contributed by atoms with Gasteiger partial charge in [-0.05, 0) is 39.5 Å². The molecule has 0 spiro atoms. The van der Waals surface area contributed by atoms with Crippen molar-refractivity contribution in [2.24, 2.45) is 5.92 Å². The Morgan fingerprint density at radius 3 is 2.53 bits per heavy atom. The Bertz CT molecular complexity index is 285. The molecular weight excluding hydrogens is 244 g/mol. The summed E-state index contributed by atoms with van der Waals surface area (Å²) in [6.07, 6.45) is 2.29. The van der Waals surface area contributed by atoms with Crippen molar-refractivity contribution in [2.45, 2.75) is 45.3 Å². The Hall–Kier alpha value is -0.810. The number of carbonyl (C=O) groups is 1. The molecule has 112 valence electrons. The van der Waals surface area contributed by atoms with Crippen LogP contribution in [-0.2, 0) is 9.47 Å². The second-order valence-electron chi connectivity index (χ2n) is 6.26. The van der Waals surface area contributed by atoms with Crippen LogP contribution in [0.25, 0.3) is 0 Å². The molecule has 1 N–H and O–H groups in total. The number of ether oxygens (including phenoxy) is 2. The fourth-order valence-corrected chi connectivity index (χ4v) is 1.89. The molecule has 1 rings (SSSR count). The first kappa shape index (κ1) is 16.2. The molecule has 1 amide bonds. The van der Waals surface area contributed by atoms with E-state index < -0.39 is 5.60 Å². The van der Waals surface area contributed by atoms with E-state index >= 15 is 0 Å². The predicted octanol–water partition coefficient (Wildman–Crippen LogP) is 1.87. The average molecular weight is 272 g/mol. The molecule has 0 aromatic heterocycles. The molecule has 1 atom stereocenters. The SMILES string of the molecule is COCC(NCCN(C)C(=O)OC(C)(C)C)C1CC1. The molecule has 0 aromatic rings. The van der Waals surface area contributed by atoms with Crippen molar-refractivity contribution in [1.82, 2.24) is 10.2 Å². The number of rotatable bonds is 7. The molecule has 0 aliphatic heterocycles. The van der Waals surface area contributed by atoms with E-state index in [4.69, 9.17) is 9.47 Å². The van der Waals surface area contributed by atoms with E-state index in [1.165, 1.54) is 12.8 Å². The summed E-state index contributed by atoms with van der Waals surface area (Å²) in [6, 6.07) is 0.414. The summed E-state index contributed by atoms with van der Waals surface area (Å²) < 4.78 is 10.5. The van der Waals surface area contributed by atoms with Crippen LogP contribution in [0.3, 0.4) is 0 Å². The Labute approximate surface area is 116 Å². The highest BCUT2D eigenvalue weighted by molar-refractivity contribution is 5.67. The Morgan fingerprint density at radius 1 is 1.42 bits per heavy atom. The molecule has 1 aliphatic rings. The van der Waals surface area contributed by atoms with Crippen LogP contribution in [0.5, 0.6) is 0 Å². The van der Waals surface area contributed by atoms with Gasteiger partial charge < -0.3 is 19.7 Å². The molecule has 5 nitrogen and oxygen atoms in total. The number of nitrogens with zero attached hydrogens (tertiary/aromatic N) is 1. The molecular formula is C14H28N2O3. The lowest BCUT2D eigenvalue weighted by molar-refractivity contribution is 0.0297. The number of amides is 1. The van der Waals surface area contributed by atoms with Crippen molar-refractivity contribution in [3.63, 3.8) is 0 Å². The van der Waals surface area contributed by atoms with Gasteiger partial charge in [0.2, 0.25) is 0 Å². The zero-order valence-electron chi connectivity index (χ0n) is 12.9. The van der Waals surface area contributed by atoms with Gasteiger partial charge in [0, 0.05) is 33.3 Å². The number of likely N-dealkylation sites (N-methyl/N-ethyl adjacent to an activating group) is 1. The second-order valence-corrected chi connectivity index (χ2v) is 6.26. The third kappa shape index (κ3) is 6.78. The molecule has 0 heterocycles. The number of hydrogen-bond acceptors (Lipinski definition) is 4. The van der Waals surface area contributed by atoms with Crippen LogP contribution in [-0.4, -0.2) is 56.5 Å². The predicted molar refractivity (Wildman–Crippen MR) is 75.3 cm³/mol. The summed E-state index contributed by atoms with van der Waals surface area (Å²) in [7, 11) is 3.49. The maximum atomic E-state index is 11.8. The molecule has 19 heavy (non-hydrogen) atoms. The van der Waals surface area contributed by atoms with Gasteiger partial charge in [0.05, 0.1) is 6.61 Å². The zero-order chi connectivity index (χ0) is 14.5. The highest BCUT2D eigenvalue weighted by Crippen LogP contribution is 2.32. The van der Waals surface area contributed by atoms with Gasteiger partial charge in [-0.25, -0.2) is 4.79 Å². The van der Waals surface area contributed by atoms with Crippen molar-refractivity contribution >= 4 is 6.09 Å². The fourth-order valence-electron chi connectivity index (χ4n) is 1.89. The Morgan fingerprint density at radius 2 is 2.05 bits per heavy atom. The van der Waals surface area contributed by atoms with E-state index in [0.717, 1.165) is 19.1 Å². The van der Waals surface area contributed by atoms with E-state index in [-0.39, 0.29) is 6.09 Å². The first-order chi connectivity index (χ1) is 8.83. The average Bonchev–Trinajstić information content (AvgIpc) is 3.09. The van der Waals surface area contributed by atoms with Crippen LogP contribution >= 0.6 is 0 Å². The number of nitrogens with one attached hydrogen (secondary N) is 1. The minimum absolute atomic E-state index is 0.274. The fraction of sp³-hybridized carbons (Fsp3) is 0.929. The molecule has 1 saturated carbocycles. The Kier molecular flexibility index (Phi) is 6.07. The highest BCUT2D eigenvalue weighted by Gasteiger charge is 2.30. The van der Waals surface area contributed by atoms with Crippen LogP contribution in [0.1, 0.15) is 33.6 Å². The minimum atomic E-state index is -0.439. The third-order valence-corrected chi connectivity index (χ3v) is 3.10. The van der Waals surface area contributed by atoms with E-state index in [0.29, 0.717) is 12.6 Å². The van der Waals surface area contributed by atoms with E-state index in [9.17, 15) is 4.79 Å². The molecule has 5 heteroatoms. The first-order valence-electron chi connectivity index (χ1n) is 7.00. The molecule has 1 unspecified atom stereocenters. The minimum Gasteiger partial charge on any atom is -0.444 e. The lowest BCUT2D eigenvalue weighted by Gasteiger charge is -2.25. The molecule has 0 aromatic carbocycles. The summed E-state index contributed by atoms with van der Waals surface area (Å²) in [5.41, 5.74) is -0.439. The standard InChI is InChI=1S/C14H28N2O3/c1-14(2,3)19-13(17)16(4)9-8-15-12(10-18-5)11-6-7-11/h11-12,15H,6-10H2,1-5H3. The maximum absolute atomic E-state index is 11.8. The van der Waals surface area contributed by atoms with Crippen molar-refractivity contribution in [2.75, 3.05) is 33.9 Å². The maximum Gasteiger partial charge on any atom is 0.410 e. The first-order valence-corrected chi connectivity index (χ1v) is 7.00. The molecule has 0 radical (unpaired) electrons. The van der Waals surface area contributed by atoms with Crippen LogP contribution < -0.4 is 5.32 Å². The van der Waals surface area contributed by atoms with Crippen molar-refractivity contribution < 1.29 is 14.3 Å². The quantitative estimate of drug-likeness (QED) is 0.768. The van der Waals surface area contributed by atoms with Crippen LogP contribution in [0, 0.1) is 5.92 Å². The Balaban J connectivity index is 2.21. The summed E-state index contributed by atoms with van der Waals surface area (Å²) >= 11 is 0. The van der Waals surface area contributed by atoms with Gasteiger partial charge in [-0.2, -0.15) is 0 Å².